The van der Waals surface area contributed by atoms with Gasteiger partial charge in [-0.15, -0.1) is 0 Å². The summed E-state index contributed by atoms with van der Waals surface area (Å²) in [5, 5.41) is 3.07. The Morgan fingerprint density at radius 2 is 0.744 bits per heavy atom. The summed E-state index contributed by atoms with van der Waals surface area (Å²) in [5.41, 5.74) is 0. The van der Waals surface area contributed by atoms with E-state index < -0.39 is 20.0 Å². The van der Waals surface area contributed by atoms with Crippen molar-refractivity contribution in [3.63, 3.8) is 0 Å². The predicted octanol–water partition coefficient (Wildman–Crippen LogP) is 22.2. The molecule has 82 heavy (non-hydrogen) atoms. The largest absolute Gasteiger partial charge is 0.472 e. The number of nitrogens with zero attached hydrogens (tertiary/aromatic N) is 1. The lowest BCUT2D eigenvalue weighted by molar-refractivity contribution is -0.870. The Morgan fingerprint density at radius 1 is 0.427 bits per heavy atom. The zero-order valence-corrected chi connectivity index (χ0v) is 55.9. The van der Waals surface area contributed by atoms with Crippen molar-refractivity contribution in [2.45, 2.75) is 348 Å². The van der Waals surface area contributed by atoms with Gasteiger partial charge in [0.05, 0.1) is 33.8 Å². The molecule has 0 aliphatic rings. The van der Waals surface area contributed by atoms with E-state index in [-0.39, 0.29) is 25.1 Å². The smallest absolute Gasteiger partial charge is 0.456 e. The molecule has 0 aliphatic carbocycles. The van der Waals surface area contributed by atoms with Crippen LogP contribution >= 0.6 is 7.82 Å². The van der Waals surface area contributed by atoms with Crippen molar-refractivity contribution in [1.82, 2.24) is 5.32 Å². The summed E-state index contributed by atoms with van der Waals surface area (Å²) in [7, 11) is 1.50. The molecule has 3 atom stereocenters. The molecule has 3 unspecified atom stereocenters. The molecule has 0 spiro atoms. The predicted molar refractivity (Wildman–Crippen MR) is 355 cm³/mol. The highest BCUT2D eigenvalue weighted by Gasteiger charge is 2.30. The summed E-state index contributed by atoms with van der Waals surface area (Å²) >= 11 is 0. The first kappa shape index (κ1) is 79.7. The molecule has 1 amide bonds. The Labute approximate surface area is 509 Å². The first-order valence-electron chi connectivity index (χ1n) is 35.1. The van der Waals surface area contributed by atoms with Gasteiger partial charge in [0.2, 0.25) is 5.91 Å². The van der Waals surface area contributed by atoms with Crippen LogP contribution in [0.3, 0.4) is 0 Å². The number of phosphoric ester groups is 1. The third kappa shape index (κ3) is 62.2. The second-order valence-electron chi connectivity index (χ2n) is 25.1. The lowest BCUT2D eigenvalue weighted by Crippen LogP contribution is -2.47. The van der Waals surface area contributed by atoms with Gasteiger partial charge in [0.1, 0.15) is 19.3 Å². The van der Waals surface area contributed by atoms with Gasteiger partial charge in [-0.05, 0) is 76.7 Å². The number of ether oxygens (including phenoxy) is 1. The van der Waals surface area contributed by atoms with E-state index in [1.165, 1.54) is 212 Å². The summed E-state index contributed by atoms with van der Waals surface area (Å²) in [6, 6.07) is -0.854. The van der Waals surface area contributed by atoms with Crippen molar-refractivity contribution in [3.8, 4) is 0 Å². The van der Waals surface area contributed by atoms with Crippen LogP contribution in [0.15, 0.2) is 60.8 Å². The van der Waals surface area contributed by atoms with Crippen molar-refractivity contribution in [3.05, 3.63) is 60.8 Å². The summed E-state index contributed by atoms with van der Waals surface area (Å²) in [6.45, 7) is 7.02. The maximum absolute atomic E-state index is 13.6. The molecule has 0 aromatic heterocycles. The summed E-state index contributed by atoms with van der Waals surface area (Å²) in [4.78, 5) is 37.9. The van der Waals surface area contributed by atoms with Gasteiger partial charge in [-0.1, -0.05) is 307 Å². The lowest BCUT2D eigenvalue weighted by atomic mass is 10.0. The average Bonchev–Trinajstić information content (AvgIpc) is 3.47. The van der Waals surface area contributed by atoms with Crippen LogP contribution in [0.1, 0.15) is 335 Å². The standard InChI is InChI=1S/C72H135N2O7P/c1-7-10-13-16-19-22-25-28-30-32-34-36-37-39-40-42-44-46-49-52-55-58-61-64-71(75)73-69(68-80-82(77,78)79-67-66-74(4,5)6)70(63-60-57-54-51-48-27-24-21-18-15-12-9-3)81-72(76)65-62-59-56-53-50-47-45-43-41-38-35-33-31-29-26-23-20-17-14-11-8-2/h19,22,28,30,34,36,39-40,60,63,69-70H,7-18,20-21,23-27,29,31-33,35,37-38,41-59,61-62,64-68H2,1-6H3,(H-,73,75,77,78)/p+1/b22-19-,30-28-,36-34-,40-39-,63-60+. The summed E-state index contributed by atoms with van der Waals surface area (Å²) in [5.74, 6) is -0.504. The number of rotatable bonds is 64. The molecular formula is C72H136N2O7P+. The van der Waals surface area contributed by atoms with Crippen molar-refractivity contribution >= 4 is 19.7 Å². The molecule has 0 fully saturated rings. The average molecular weight is 1170 g/mol. The third-order valence-electron chi connectivity index (χ3n) is 15.7. The zero-order valence-electron chi connectivity index (χ0n) is 55.0. The van der Waals surface area contributed by atoms with Crippen molar-refractivity contribution in [2.75, 3.05) is 40.9 Å². The highest BCUT2D eigenvalue weighted by molar-refractivity contribution is 7.47. The highest BCUT2D eigenvalue weighted by Crippen LogP contribution is 2.43. The molecular weight excluding hydrogens is 1040 g/mol. The number of amides is 1. The first-order chi connectivity index (χ1) is 39.9. The molecule has 0 saturated carbocycles. The number of likely N-dealkylation sites (N-methyl/N-ethyl adjacent to an activating group) is 1. The van der Waals surface area contributed by atoms with Crippen LogP contribution in [0.25, 0.3) is 0 Å². The van der Waals surface area contributed by atoms with Gasteiger partial charge in [0.25, 0.3) is 0 Å². The van der Waals surface area contributed by atoms with Gasteiger partial charge in [-0.3, -0.25) is 18.6 Å². The number of nitrogens with one attached hydrogen (secondary N) is 1. The number of esters is 1. The van der Waals surface area contributed by atoms with Crippen molar-refractivity contribution in [2.24, 2.45) is 0 Å². The number of carbonyl (C=O) groups excluding carboxylic acids is 2. The summed E-state index contributed by atoms with van der Waals surface area (Å²) < 4.78 is 30.8. The van der Waals surface area contributed by atoms with Gasteiger partial charge in [-0.2, -0.15) is 0 Å². The Bertz CT molecular complexity index is 1590. The second kappa shape index (κ2) is 61.8. The maximum Gasteiger partial charge on any atom is 0.472 e. The van der Waals surface area contributed by atoms with Crippen LogP contribution in [0, 0.1) is 0 Å². The fourth-order valence-electron chi connectivity index (χ4n) is 10.3. The SMILES string of the molecule is CCCCC/C=C\C/C=C\C/C=C\C/C=C\CCCCCCCCCC(=O)NC(COP(=O)(O)OCC[N+](C)(C)C)C(/C=C/CCCCCCCCCCCC)OC(=O)CCCCCCCCCCCCCCCCCCCCCCC. The Kier molecular flexibility index (Phi) is 60.1. The van der Waals surface area contributed by atoms with Gasteiger partial charge in [0.15, 0.2) is 0 Å². The molecule has 0 aromatic carbocycles. The van der Waals surface area contributed by atoms with E-state index in [4.69, 9.17) is 13.8 Å². The van der Waals surface area contributed by atoms with E-state index in [0.717, 1.165) is 89.9 Å². The molecule has 480 valence electrons. The number of phosphoric acid groups is 1. The number of carbonyl (C=O) groups is 2. The normalized spacial score (nSPS) is 13.9. The topological polar surface area (TPSA) is 111 Å². The number of unbranched alkanes of at least 4 members (excludes halogenated alkanes) is 40. The molecule has 0 bridgehead atoms. The number of allylic oxidation sites excluding steroid dienone is 9. The van der Waals surface area contributed by atoms with E-state index in [1.807, 2.05) is 33.3 Å². The fraction of sp³-hybridized carbons (Fsp3) is 0.833. The number of hydrogen-bond acceptors (Lipinski definition) is 6. The minimum Gasteiger partial charge on any atom is -0.456 e. The van der Waals surface area contributed by atoms with Gasteiger partial charge in [0, 0.05) is 12.8 Å². The van der Waals surface area contributed by atoms with Gasteiger partial charge in [-0.25, -0.2) is 4.57 Å². The van der Waals surface area contributed by atoms with Crippen LogP contribution < -0.4 is 5.32 Å². The van der Waals surface area contributed by atoms with E-state index in [2.05, 4.69) is 74.7 Å². The molecule has 2 N–H and O–H groups in total. The second-order valence-corrected chi connectivity index (χ2v) is 26.5. The van der Waals surface area contributed by atoms with E-state index in [1.54, 1.807) is 0 Å². The van der Waals surface area contributed by atoms with E-state index in [0.29, 0.717) is 23.9 Å². The molecule has 0 rings (SSSR count). The van der Waals surface area contributed by atoms with Crippen molar-refractivity contribution < 1.29 is 37.3 Å². The minimum atomic E-state index is -4.46. The molecule has 0 aliphatic heterocycles. The van der Waals surface area contributed by atoms with Crippen molar-refractivity contribution in [1.29, 1.82) is 0 Å². The molecule has 10 heteroatoms. The molecule has 0 saturated heterocycles. The number of hydrogen-bond donors (Lipinski definition) is 2. The Hall–Kier alpha value is -2.29. The summed E-state index contributed by atoms with van der Waals surface area (Å²) in [6.07, 6.45) is 79.4. The van der Waals surface area contributed by atoms with Gasteiger partial charge >= 0.3 is 13.8 Å². The third-order valence-corrected chi connectivity index (χ3v) is 16.7. The minimum absolute atomic E-state index is 0.0381. The number of quaternary nitrogens is 1. The van der Waals surface area contributed by atoms with Crippen LogP contribution in [0.2, 0.25) is 0 Å². The van der Waals surface area contributed by atoms with Crippen LogP contribution in [-0.4, -0.2) is 74.3 Å². The highest BCUT2D eigenvalue weighted by atomic mass is 31.2. The Balaban J connectivity index is 5.11. The maximum atomic E-state index is 13.6. The van der Waals surface area contributed by atoms with E-state index in [9.17, 15) is 19.0 Å². The zero-order chi connectivity index (χ0) is 60.0. The van der Waals surface area contributed by atoms with Crippen LogP contribution in [0.5, 0.6) is 0 Å². The molecule has 9 nitrogen and oxygen atoms in total. The first-order valence-corrected chi connectivity index (χ1v) is 36.6. The molecule has 0 heterocycles. The molecule has 0 aromatic rings. The molecule has 0 radical (unpaired) electrons. The van der Waals surface area contributed by atoms with Crippen LogP contribution in [-0.2, 0) is 27.9 Å². The lowest BCUT2D eigenvalue weighted by Gasteiger charge is -2.27. The monoisotopic (exact) mass is 1170 g/mol. The Morgan fingerprint density at radius 3 is 1.13 bits per heavy atom. The van der Waals surface area contributed by atoms with Gasteiger partial charge < -0.3 is 19.4 Å². The fourth-order valence-corrected chi connectivity index (χ4v) is 11.0. The van der Waals surface area contributed by atoms with E-state index >= 15 is 0 Å². The van der Waals surface area contributed by atoms with Crippen LogP contribution in [0.4, 0.5) is 0 Å². The quantitative estimate of drug-likeness (QED) is 0.0205.